The first-order valence-electron chi connectivity index (χ1n) is 8.96. The van der Waals surface area contributed by atoms with Crippen LogP contribution in [0.1, 0.15) is 12.8 Å². The molecule has 0 aromatic heterocycles. The van der Waals surface area contributed by atoms with Gasteiger partial charge in [0.05, 0.1) is 7.11 Å². The standard InChI is InChI=1S/C18H27N3O4S/c1-25-16-5-3-4-15(14-16)20-10-12-21(13-11-20)17(22)18(26(2,23)24)6-8-19-9-7-18/h3-5,14,19H,6-13H2,1-2H3. The van der Waals surface area contributed by atoms with E-state index in [0.29, 0.717) is 52.1 Å². The molecule has 0 bridgehead atoms. The lowest BCUT2D eigenvalue weighted by molar-refractivity contribution is -0.135. The maximum absolute atomic E-state index is 13.1. The zero-order chi connectivity index (χ0) is 18.8. The van der Waals surface area contributed by atoms with Gasteiger partial charge in [0.2, 0.25) is 5.91 Å². The first-order chi connectivity index (χ1) is 12.4. The molecule has 2 heterocycles. The Labute approximate surface area is 155 Å². The molecule has 0 spiro atoms. The fourth-order valence-electron chi connectivity index (χ4n) is 3.84. The van der Waals surface area contributed by atoms with Crippen LogP contribution in [-0.4, -0.2) is 76.6 Å². The highest BCUT2D eigenvalue weighted by atomic mass is 32.2. The monoisotopic (exact) mass is 381 g/mol. The topological polar surface area (TPSA) is 79.0 Å². The van der Waals surface area contributed by atoms with Gasteiger partial charge in [0, 0.05) is 44.2 Å². The van der Waals surface area contributed by atoms with E-state index >= 15 is 0 Å². The normalized spacial score (nSPS) is 20.7. The second-order valence-corrected chi connectivity index (χ2v) is 9.32. The van der Waals surface area contributed by atoms with E-state index in [1.807, 2.05) is 24.3 Å². The average Bonchev–Trinajstić information content (AvgIpc) is 2.67. The third-order valence-electron chi connectivity index (χ3n) is 5.50. The van der Waals surface area contributed by atoms with Crippen LogP contribution in [0.15, 0.2) is 24.3 Å². The quantitative estimate of drug-likeness (QED) is 0.819. The van der Waals surface area contributed by atoms with Gasteiger partial charge in [0.25, 0.3) is 0 Å². The largest absolute Gasteiger partial charge is 0.497 e. The zero-order valence-electron chi connectivity index (χ0n) is 15.4. The van der Waals surface area contributed by atoms with E-state index in [1.165, 1.54) is 6.26 Å². The molecule has 0 saturated carbocycles. The van der Waals surface area contributed by atoms with Crippen LogP contribution in [0.2, 0.25) is 0 Å². The molecule has 26 heavy (non-hydrogen) atoms. The van der Waals surface area contributed by atoms with Gasteiger partial charge in [-0.15, -0.1) is 0 Å². The van der Waals surface area contributed by atoms with Crippen LogP contribution in [0.3, 0.4) is 0 Å². The number of carbonyl (C=O) groups excluding carboxylic acids is 1. The molecule has 144 valence electrons. The first kappa shape index (κ1) is 19.0. The number of piperidine rings is 1. The number of hydrogen-bond acceptors (Lipinski definition) is 6. The third-order valence-corrected chi connectivity index (χ3v) is 7.50. The Morgan fingerprint density at radius 2 is 1.81 bits per heavy atom. The number of anilines is 1. The fourth-order valence-corrected chi connectivity index (χ4v) is 5.23. The molecular formula is C18H27N3O4S. The second kappa shape index (κ2) is 7.44. The van der Waals surface area contributed by atoms with E-state index in [-0.39, 0.29) is 5.91 Å². The van der Waals surface area contributed by atoms with Crippen molar-refractivity contribution in [2.24, 2.45) is 0 Å². The Morgan fingerprint density at radius 3 is 2.38 bits per heavy atom. The third kappa shape index (κ3) is 3.53. The van der Waals surface area contributed by atoms with Crippen LogP contribution < -0.4 is 15.0 Å². The summed E-state index contributed by atoms with van der Waals surface area (Å²) in [7, 11) is -1.83. The highest BCUT2D eigenvalue weighted by molar-refractivity contribution is 7.92. The second-order valence-electron chi connectivity index (χ2n) is 7.00. The minimum absolute atomic E-state index is 0.230. The van der Waals surface area contributed by atoms with Crippen molar-refractivity contribution in [2.75, 3.05) is 57.5 Å². The molecule has 1 amide bonds. The number of amides is 1. The number of methoxy groups -OCH3 is 1. The minimum atomic E-state index is -3.47. The lowest BCUT2D eigenvalue weighted by Gasteiger charge is -2.42. The summed E-state index contributed by atoms with van der Waals surface area (Å²) >= 11 is 0. The highest BCUT2D eigenvalue weighted by Gasteiger charge is 2.50. The summed E-state index contributed by atoms with van der Waals surface area (Å²) in [5.41, 5.74) is 1.05. The lowest BCUT2D eigenvalue weighted by Crippen LogP contribution is -2.61. The number of carbonyl (C=O) groups is 1. The molecule has 0 unspecified atom stereocenters. The molecule has 3 rings (SSSR count). The highest BCUT2D eigenvalue weighted by Crippen LogP contribution is 2.31. The smallest absolute Gasteiger partial charge is 0.244 e. The molecule has 0 radical (unpaired) electrons. The van der Waals surface area contributed by atoms with Crippen LogP contribution >= 0.6 is 0 Å². The van der Waals surface area contributed by atoms with Crippen molar-refractivity contribution in [3.8, 4) is 5.75 Å². The molecule has 7 nitrogen and oxygen atoms in total. The maximum atomic E-state index is 13.1. The van der Waals surface area contributed by atoms with Crippen LogP contribution in [0, 0.1) is 0 Å². The summed E-state index contributed by atoms with van der Waals surface area (Å²) in [6, 6.07) is 7.84. The number of nitrogens with one attached hydrogen (secondary N) is 1. The molecule has 0 aliphatic carbocycles. The zero-order valence-corrected chi connectivity index (χ0v) is 16.2. The van der Waals surface area contributed by atoms with E-state index in [9.17, 15) is 13.2 Å². The van der Waals surface area contributed by atoms with E-state index in [4.69, 9.17) is 4.74 Å². The van der Waals surface area contributed by atoms with Crippen LogP contribution in [0.25, 0.3) is 0 Å². The van der Waals surface area contributed by atoms with Gasteiger partial charge in [-0.3, -0.25) is 4.79 Å². The van der Waals surface area contributed by atoms with Crippen molar-refractivity contribution in [2.45, 2.75) is 17.6 Å². The number of benzene rings is 1. The van der Waals surface area contributed by atoms with Gasteiger partial charge < -0.3 is 19.9 Å². The van der Waals surface area contributed by atoms with Gasteiger partial charge in [-0.1, -0.05) is 6.07 Å². The van der Waals surface area contributed by atoms with Gasteiger partial charge in [0.15, 0.2) is 14.6 Å². The summed E-state index contributed by atoms with van der Waals surface area (Å²) in [5.74, 6) is 0.568. The van der Waals surface area contributed by atoms with Crippen LogP contribution in [0.4, 0.5) is 5.69 Å². The fraction of sp³-hybridized carbons (Fsp3) is 0.611. The molecule has 2 saturated heterocycles. The van der Waals surface area contributed by atoms with Crippen molar-refractivity contribution in [1.29, 1.82) is 0 Å². The first-order valence-corrected chi connectivity index (χ1v) is 10.9. The van der Waals surface area contributed by atoms with E-state index in [1.54, 1.807) is 12.0 Å². The van der Waals surface area contributed by atoms with Gasteiger partial charge in [0.1, 0.15) is 5.75 Å². The number of nitrogens with zero attached hydrogens (tertiary/aromatic N) is 2. The molecule has 2 fully saturated rings. The summed E-state index contributed by atoms with van der Waals surface area (Å²) in [5, 5.41) is 3.15. The predicted octanol–water partition coefficient (Wildman–Crippen LogP) is 0.511. The van der Waals surface area contributed by atoms with Crippen molar-refractivity contribution in [1.82, 2.24) is 10.2 Å². The molecule has 2 aliphatic heterocycles. The summed E-state index contributed by atoms with van der Waals surface area (Å²) in [4.78, 5) is 17.1. The summed E-state index contributed by atoms with van der Waals surface area (Å²) in [6.45, 7) is 3.53. The molecule has 2 aliphatic rings. The Bertz CT molecular complexity index is 751. The molecule has 1 aromatic rings. The molecule has 1 N–H and O–H groups in total. The summed E-state index contributed by atoms with van der Waals surface area (Å²) in [6.07, 6.45) is 1.89. The van der Waals surface area contributed by atoms with Crippen molar-refractivity contribution in [3.63, 3.8) is 0 Å². The Kier molecular flexibility index (Phi) is 5.43. The van der Waals surface area contributed by atoms with Crippen LogP contribution in [-0.2, 0) is 14.6 Å². The maximum Gasteiger partial charge on any atom is 0.244 e. The molecule has 1 aromatic carbocycles. The Hall–Kier alpha value is -1.80. The van der Waals surface area contributed by atoms with Gasteiger partial charge in [-0.2, -0.15) is 0 Å². The Morgan fingerprint density at radius 1 is 1.15 bits per heavy atom. The van der Waals surface area contributed by atoms with Crippen LogP contribution in [0.5, 0.6) is 5.75 Å². The van der Waals surface area contributed by atoms with Crippen molar-refractivity contribution in [3.05, 3.63) is 24.3 Å². The molecule has 8 heteroatoms. The Balaban J connectivity index is 1.71. The number of sulfone groups is 1. The molecule has 0 atom stereocenters. The number of hydrogen-bond donors (Lipinski definition) is 1. The van der Waals surface area contributed by atoms with Crippen molar-refractivity contribution < 1.29 is 17.9 Å². The van der Waals surface area contributed by atoms with Gasteiger partial charge in [-0.25, -0.2) is 8.42 Å². The van der Waals surface area contributed by atoms with E-state index in [2.05, 4.69) is 10.2 Å². The number of piperazine rings is 1. The molecular weight excluding hydrogens is 354 g/mol. The van der Waals surface area contributed by atoms with E-state index in [0.717, 1.165) is 11.4 Å². The van der Waals surface area contributed by atoms with Crippen molar-refractivity contribution >= 4 is 21.4 Å². The minimum Gasteiger partial charge on any atom is -0.497 e. The predicted molar refractivity (Wildman–Crippen MR) is 101 cm³/mol. The SMILES string of the molecule is COc1cccc(N2CCN(C(=O)C3(S(C)(=O)=O)CCNCC3)CC2)c1. The summed E-state index contributed by atoms with van der Waals surface area (Å²) < 4.78 is 28.9. The average molecular weight is 381 g/mol. The lowest BCUT2D eigenvalue weighted by atomic mass is 9.94. The van der Waals surface area contributed by atoms with E-state index < -0.39 is 14.6 Å². The van der Waals surface area contributed by atoms with Gasteiger partial charge >= 0.3 is 0 Å². The number of ether oxygens (including phenoxy) is 1. The van der Waals surface area contributed by atoms with Gasteiger partial charge in [-0.05, 0) is 38.1 Å². The number of rotatable bonds is 4.